The van der Waals surface area contributed by atoms with Gasteiger partial charge in [0.1, 0.15) is 0 Å². The molecule has 22 heavy (non-hydrogen) atoms. The van der Waals surface area contributed by atoms with Gasteiger partial charge in [0.15, 0.2) is 5.13 Å². The van der Waals surface area contributed by atoms with Crippen LogP contribution in [-0.4, -0.2) is 47.7 Å². The molecule has 6 heteroatoms. The molecule has 1 aliphatic heterocycles. The first kappa shape index (κ1) is 15.4. The second-order valence-corrected chi connectivity index (χ2v) is 7.02. The fourth-order valence-corrected chi connectivity index (χ4v) is 4.03. The quantitative estimate of drug-likeness (QED) is 0.843. The molecule has 4 nitrogen and oxygen atoms in total. The molecule has 1 fully saturated rings. The summed E-state index contributed by atoms with van der Waals surface area (Å²) in [7, 11) is 0. The summed E-state index contributed by atoms with van der Waals surface area (Å²) < 4.78 is 0. The van der Waals surface area contributed by atoms with Crippen LogP contribution in [0.4, 0.5) is 5.13 Å². The zero-order valence-electron chi connectivity index (χ0n) is 12.4. The third-order valence-corrected chi connectivity index (χ3v) is 5.48. The summed E-state index contributed by atoms with van der Waals surface area (Å²) in [6, 6.07) is 10.3. The van der Waals surface area contributed by atoms with Crippen LogP contribution in [0.3, 0.4) is 0 Å². The zero-order chi connectivity index (χ0) is 15.2. The minimum atomic E-state index is 0.250. The molecule has 1 aromatic carbocycles. The highest BCUT2D eigenvalue weighted by molar-refractivity contribution is 7.99. The smallest absolute Gasteiger partial charge is 0.232 e. The van der Waals surface area contributed by atoms with Gasteiger partial charge in [-0.2, -0.15) is 0 Å². The van der Waals surface area contributed by atoms with E-state index in [1.54, 1.807) is 23.1 Å². The first-order chi connectivity index (χ1) is 10.8. The van der Waals surface area contributed by atoms with Crippen LogP contribution in [0.15, 0.2) is 41.9 Å². The van der Waals surface area contributed by atoms with Crippen LogP contribution in [0.5, 0.6) is 0 Å². The molecule has 0 atom stereocenters. The maximum Gasteiger partial charge on any atom is 0.232 e. The molecule has 0 unspecified atom stereocenters. The summed E-state index contributed by atoms with van der Waals surface area (Å²) in [5.41, 5.74) is 1.27. The molecular formula is C16H19N3OS2. The first-order valence-electron chi connectivity index (χ1n) is 7.37. The molecule has 3 rings (SSSR count). The van der Waals surface area contributed by atoms with E-state index in [4.69, 9.17) is 0 Å². The van der Waals surface area contributed by atoms with Crippen LogP contribution in [0.25, 0.3) is 0 Å². The van der Waals surface area contributed by atoms with Crippen LogP contribution in [0, 0.1) is 0 Å². The highest BCUT2D eigenvalue weighted by atomic mass is 32.2. The van der Waals surface area contributed by atoms with Crippen molar-refractivity contribution in [3.63, 3.8) is 0 Å². The van der Waals surface area contributed by atoms with Crippen molar-refractivity contribution in [2.45, 2.75) is 5.75 Å². The molecule has 1 aliphatic rings. The van der Waals surface area contributed by atoms with Crippen molar-refractivity contribution in [1.82, 2.24) is 9.88 Å². The molecule has 0 radical (unpaired) electrons. The van der Waals surface area contributed by atoms with Crippen molar-refractivity contribution in [3.05, 3.63) is 47.5 Å². The SMILES string of the molecule is O=C(CSCc1ccccc1)N1CCN(c2nccs2)CC1. The lowest BCUT2D eigenvalue weighted by Gasteiger charge is -2.34. The standard InChI is InChI=1S/C16H19N3OS2/c20-15(13-21-12-14-4-2-1-3-5-14)18-7-9-19(10-8-18)16-17-6-11-22-16/h1-6,11H,7-10,12-13H2. The molecule has 1 aromatic heterocycles. The van der Waals surface area contributed by atoms with Crippen LogP contribution < -0.4 is 4.90 Å². The normalized spacial score (nSPS) is 15.1. The molecule has 2 heterocycles. The first-order valence-corrected chi connectivity index (χ1v) is 9.40. The van der Waals surface area contributed by atoms with E-state index in [-0.39, 0.29) is 5.91 Å². The Bertz CT molecular complexity index is 581. The lowest BCUT2D eigenvalue weighted by molar-refractivity contribution is -0.128. The number of rotatable bonds is 5. The Labute approximate surface area is 139 Å². The molecule has 0 N–H and O–H groups in total. The zero-order valence-corrected chi connectivity index (χ0v) is 14.0. The monoisotopic (exact) mass is 333 g/mol. The lowest BCUT2D eigenvalue weighted by Crippen LogP contribution is -2.49. The Morgan fingerprint density at radius 3 is 2.64 bits per heavy atom. The fourth-order valence-electron chi connectivity index (χ4n) is 2.44. The molecule has 2 aromatic rings. The van der Waals surface area contributed by atoms with E-state index in [9.17, 15) is 4.79 Å². The van der Waals surface area contributed by atoms with Gasteiger partial charge >= 0.3 is 0 Å². The van der Waals surface area contributed by atoms with E-state index in [2.05, 4.69) is 22.0 Å². The second kappa shape index (κ2) is 7.65. The summed E-state index contributed by atoms with van der Waals surface area (Å²) in [6.45, 7) is 3.35. The summed E-state index contributed by atoms with van der Waals surface area (Å²) >= 11 is 3.35. The molecular weight excluding hydrogens is 314 g/mol. The number of anilines is 1. The van der Waals surface area contributed by atoms with E-state index in [0.717, 1.165) is 37.1 Å². The predicted octanol–water partition coefficient (Wildman–Crippen LogP) is 2.73. The van der Waals surface area contributed by atoms with E-state index in [0.29, 0.717) is 5.75 Å². The highest BCUT2D eigenvalue weighted by Gasteiger charge is 2.21. The van der Waals surface area contributed by atoms with Gasteiger partial charge in [-0.15, -0.1) is 23.1 Å². The number of carbonyl (C=O) groups excluding carboxylic acids is 1. The Balaban J connectivity index is 1.40. The minimum absolute atomic E-state index is 0.250. The van der Waals surface area contributed by atoms with E-state index in [1.165, 1.54) is 5.56 Å². The number of amides is 1. The van der Waals surface area contributed by atoms with Gasteiger partial charge in [0.2, 0.25) is 5.91 Å². The number of benzene rings is 1. The highest BCUT2D eigenvalue weighted by Crippen LogP contribution is 2.19. The van der Waals surface area contributed by atoms with Crippen LogP contribution in [0.2, 0.25) is 0 Å². The molecule has 116 valence electrons. The Hall–Kier alpha value is -1.53. The number of aromatic nitrogens is 1. The molecule has 0 saturated carbocycles. The molecule has 0 aliphatic carbocycles. The third kappa shape index (κ3) is 4.01. The van der Waals surface area contributed by atoms with Gasteiger partial charge in [-0.25, -0.2) is 4.98 Å². The lowest BCUT2D eigenvalue weighted by atomic mass is 10.2. The van der Waals surface area contributed by atoms with Crippen LogP contribution in [0.1, 0.15) is 5.56 Å². The van der Waals surface area contributed by atoms with Gasteiger partial charge < -0.3 is 9.80 Å². The topological polar surface area (TPSA) is 36.4 Å². The summed E-state index contributed by atoms with van der Waals surface area (Å²) in [4.78, 5) is 20.8. The number of hydrogen-bond donors (Lipinski definition) is 0. The summed E-state index contributed by atoms with van der Waals surface area (Å²) in [5.74, 6) is 1.71. The Morgan fingerprint density at radius 2 is 1.95 bits per heavy atom. The van der Waals surface area contributed by atoms with Crippen molar-refractivity contribution in [2.24, 2.45) is 0 Å². The fraction of sp³-hybridized carbons (Fsp3) is 0.375. The van der Waals surface area contributed by atoms with Gasteiger partial charge in [-0.1, -0.05) is 30.3 Å². The van der Waals surface area contributed by atoms with Crippen molar-refractivity contribution < 1.29 is 4.79 Å². The second-order valence-electron chi connectivity index (χ2n) is 5.16. The number of thiazole rings is 1. The van der Waals surface area contributed by atoms with Gasteiger partial charge in [0.25, 0.3) is 0 Å². The largest absolute Gasteiger partial charge is 0.345 e. The average Bonchev–Trinajstić information content (AvgIpc) is 3.10. The Kier molecular flexibility index (Phi) is 5.34. The number of piperazine rings is 1. The minimum Gasteiger partial charge on any atom is -0.345 e. The third-order valence-electron chi connectivity index (χ3n) is 3.66. The van der Waals surface area contributed by atoms with Crippen LogP contribution in [-0.2, 0) is 10.5 Å². The number of carbonyl (C=O) groups is 1. The van der Waals surface area contributed by atoms with Crippen molar-refractivity contribution >= 4 is 34.1 Å². The van der Waals surface area contributed by atoms with Crippen molar-refractivity contribution in [1.29, 1.82) is 0 Å². The molecule has 1 saturated heterocycles. The van der Waals surface area contributed by atoms with E-state index in [1.807, 2.05) is 34.7 Å². The predicted molar refractivity (Wildman–Crippen MR) is 93.5 cm³/mol. The molecule has 1 amide bonds. The van der Waals surface area contributed by atoms with E-state index >= 15 is 0 Å². The number of nitrogens with zero attached hydrogens (tertiary/aromatic N) is 3. The Morgan fingerprint density at radius 1 is 1.18 bits per heavy atom. The van der Waals surface area contributed by atoms with Crippen LogP contribution >= 0.6 is 23.1 Å². The van der Waals surface area contributed by atoms with Gasteiger partial charge in [0.05, 0.1) is 5.75 Å². The summed E-state index contributed by atoms with van der Waals surface area (Å²) in [6.07, 6.45) is 1.83. The molecule has 0 spiro atoms. The van der Waals surface area contributed by atoms with Crippen molar-refractivity contribution in [2.75, 3.05) is 36.8 Å². The summed E-state index contributed by atoms with van der Waals surface area (Å²) in [5, 5.41) is 3.05. The van der Waals surface area contributed by atoms with Gasteiger partial charge in [0, 0.05) is 43.5 Å². The maximum absolute atomic E-state index is 12.3. The number of thioether (sulfide) groups is 1. The molecule has 0 bridgehead atoms. The average molecular weight is 333 g/mol. The maximum atomic E-state index is 12.3. The van der Waals surface area contributed by atoms with Gasteiger partial charge in [-0.3, -0.25) is 4.79 Å². The van der Waals surface area contributed by atoms with Crippen molar-refractivity contribution in [3.8, 4) is 0 Å². The number of hydrogen-bond acceptors (Lipinski definition) is 5. The van der Waals surface area contributed by atoms with E-state index < -0.39 is 0 Å². The van der Waals surface area contributed by atoms with Gasteiger partial charge in [-0.05, 0) is 5.56 Å².